The topological polar surface area (TPSA) is 55.9 Å². The Morgan fingerprint density at radius 3 is 2.63 bits per heavy atom. The van der Waals surface area contributed by atoms with Gasteiger partial charge in [0.2, 0.25) is 0 Å². The number of pyridine rings is 1. The number of fused-ring (bicyclic) bond motifs is 2. The third kappa shape index (κ3) is 5.16. The SMILES string of the molecule is CCNc1c2c(nc3cc(OCCCN(CC)CCOC)c(OC)cc13)CC(C)C2. The Balaban J connectivity index is 1.78. The van der Waals surface area contributed by atoms with Gasteiger partial charge in [0.05, 0.1) is 25.8 Å². The molecule has 0 saturated carbocycles. The number of likely N-dealkylation sites (N-methyl/N-ethyl adjacent to an activating group) is 1. The molecule has 1 aromatic heterocycles. The fraction of sp³-hybridized carbons (Fsp3) is 0.625. The summed E-state index contributed by atoms with van der Waals surface area (Å²) in [7, 11) is 3.45. The molecule has 0 aliphatic heterocycles. The first-order valence-electron chi connectivity index (χ1n) is 11.2. The number of hydrogen-bond donors (Lipinski definition) is 1. The quantitative estimate of drug-likeness (QED) is 0.526. The van der Waals surface area contributed by atoms with E-state index < -0.39 is 0 Å². The van der Waals surface area contributed by atoms with Crippen molar-refractivity contribution in [3.05, 3.63) is 23.4 Å². The number of benzene rings is 1. The van der Waals surface area contributed by atoms with Gasteiger partial charge in [0.15, 0.2) is 11.5 Å². The minimum atomic E-state index is 0.638. The Bertz CT molecular complexity index is 840. The highest BCUT2D eigenvalue weighted by atomic mass is 16.5. The van der Waals surface area contributed by atoms with Crippen LogP contribution in [0.1, 0.15) is 38.4 Å². The van der Waals surface area contributed by atoms with E-state index >= 15 is 0 Å². The zero-order chi connectivity index (χ0) is 21.5. The van der Waals surface area contributed by atoms with Crippen molar-refractivity contribution in [1.29, 1.82) is 0 Å². The van der Waals surface area contributed by atoms with Gasteiger partial charge in [0, 0.05) is 49.6 Å². The highest BCUT2D eigenvalue weighted by Crippen LogP contribution is 2.40. The highest BCUT2D eigenvalue weighted by Gasteiger charge is 2.25. The predicted molar refractivity (Wildman–Crippen MR) is 123 cm³/mol. The van der Waals surface area contributed by atoms with E-state index in [1.807, 2.05) is 6.07 Å². The van der Waals surface area contributed by atoms with Gasteiger partial charge in [-0.15, -0.1) is 0 Å². The monoisotopic (exact) mass is 415 g/mol. The van der Waals surface area contributed by atoms with E-state index in [1.54, 1.807) is 14.2 Å². The van der Waals surface area contributed by atoms with Crippen molar-refractivity contribution in [3.8, 4) is 11.5 Å². The summed E-state index contributed by atoms with van der Waals surface area (Å²) in [4.78, 5) is 7.37. The highest BCUT2D eigenvalue weighted by molar-refractivity contribution is 5.96. The van der Waals surface area contributed by atoms with Crippen LogP contribution in [0.5, 0.6) is 11.5 Å². The van der Waals surface area contributed by atoms with Crippen LogP contribution >= 0.6 is 0 Å². The first-order valence-corrected chi connectivity index (χ1v) is 11.2. The van der Waals surface area contributed by atoms with Gasteiger partial charge in [-0.3, -0.25) is 4.98 Å². The molecule has 1 N–H and O–H groups in total. The number of nitrogens with zero attached hydrogens (tertiary/aromatic N) is 2. The summed E-state index contributed by atoms with van der Waals surface area (Å²) in [5.41, 5.74) is 4.77. The number of ether oxygens (including phenoxy) is 3. The molecule has 166 valence electrons. The van der Waals surface area contributed by atoms with Crippen LogP contribution in [0.4, 0.5) is 5.69 Å². The van der Waals surface area contributed by atoms with Crippen molar-refractivity contribution in [3.63, 3.8) is 0 Å². The summed E-state index contributed by atoms with van der Waals surface area (Å²) in [5, 5.41) is 4.69. The molecular formula is C24H37N3O3. The Hall–Kier alpha value is -2.05. The molecule has 6 heteroatoms. The Morgan fingerprint density at radius 2 is 1.93 bits per heavy atom. The Kier molecular flexibility index (Phi) is 8.16. The van der Waals surface area contributed by atoms with Crippen LogP contribution < -0.4 is 14.8 Å². The maximum absolute atomic E-state index is 6.13. The molecule has 1 atom stereocenters. The lowest BCUT2D eigenvalue weighted by atomic mass is 10.0. The molecule has 3 rings (SSSR count). The molecule has 0 saturated heterocycles. The molecule has 0 radical (unpaired) electrons. The zero-order valence-electron chi connectivity index (χ0n) is 19.2. The van der Waals surface area contributed by atoms with Crippen LogP contribution in [0, 0.1) is 5.92 Å². The molecule has 1 aliphatic carbocycles. The summed E-state index contributed by atoms with van der Waals surface area (Å²) in [6.45, 7) is 11.9. The normalized spacial score (nSPS) is 15.6. The van der Waals surface area contributed by atoms with Crippen molar-refractivity contribution in [2.45, 2.75) is 40.0 Å². The number of rotatable bonds is 12. The maximum Gasteiger partial charge on any atom is 0.163 e. The number of anilines is 1. The fourth-order valence-electron chi connectivity index (χ4n) is 4.27. The number of aromatic nitrogens is 1. The molecule has 1 unspecified atom stereocenters. The van der Waals surface area contributed by atoms with Gasteiger partial charge in [-0.1, -0.05) is 13.8 Å². The molecule has 1 heterocycles. The van der Waals surface area contributed by atoms with Crippen LogP contribution in [0.25, 0.3) is 10.9 Å². The summed E-state index contributed by atoms with van der Waals surface area (Å²) in [5.74, 6) is 2.17. The van der Waals surface area contributed by atoms with Gasteiger partial charge < -0.3 is 24.4 Å². The fourth-order valence-corrected chi connectivity index (χ4v) is 4.27. The summed E-state index contributed by atoms with van der Waals surface area (Å²) in [6.07, 6.45) is 3.08. The van der Waals surface area contributed by atoms with Crippen LogP contribution in [0.3, 0.4) is 0 Å². The largest absolute Gasteiger partial charge is 0.493 e. The van der Waals surface area contributed by atoms with Crippen molar-refractivity contribution >= 4 is 16.6 Å². The molecule has 2 aromatic rings. The van der Waals surface area contributed by atoms with Crippen LogP contribution in [0.15, 0.2) is 12.1 Å². The first-order chi connectivity index (χ1) is 14.6. The zero-order valence-corrected chi connectivity index (χ0v) is 19.2. The second-order valence-corrected chi connectivity index (χ2v) is 8.11. The molecular weight excluding hydrogens is 378 g/mol. The van der Waals surface area contributed by atoms with Crippen molar-refractivity contribution < 1.29 is 14.2 Å². The number of hydrogen-bond acceptors (Lipinski definition) is 6. The van der Waals surface area contributed by atoms with E-state index in [4.69, 9.17) is 19.2 Å². The maximum atomic E-state index is 6.13. The van der Waals surface area contributed by atoms with E-state index in [1.165, 1.54) is 16.9 Å². The van der Waals surface area contributed by atoms with Gasteiger partial charge in [0.25, 0.3) is 0 Å². The lowest BCUT2D eigenvalue weighted by Gasteiger charge is -2.20. The van der Waals surface area contributed by atoms with Crippen molar-refractivity contribution in [2.24, 2.45) is 5.92 Å². The van der Waals surface area contributed by atoms with E-state index in [9.17, 15) is 0 Å². The van der Waals surface area contributed by atoms with Gasteiger partial charge in [-0.05, 0) is 50.3 Å². The third-order valence-corrected chi connectivity index (χ3v) is 5.84. The smallest absolute Gasteiger partial charge is 0.163 e. The predicted octanol–water partition coefficient (Wildman–Crippen LogP) is 4.15. The van der Waals surface area contributed by atoms with Crippen LogP contribution in [0.2, 0.25) is 0 Å². The van der Waals surface area contributed by atoms with Gasteiger partial charge in [-0.25, -0.2) is 0 Å². The molecule has 0 spiro atoms. The Morgan fingerprint density at radius 1 is 1.10 bits per heavy atom. The standard InChI is InChI=1S/C24H37N3O3/c1-6-25-24-18-13-17(3)14-20(18)26-21-16-23(22(29-5)15-19(21)24)30-11-8-9-27(7-2)10-12-28-4/h15-17H,6-14H2,1-5H3,(H,25,26). The minimum Gasteiger partial charge on any atom is -0.493 e. The van der Waals surface area contributed by atoms with Crippen LogP contribution in [-0.4, -0.2) is 63.5 Å². The average molecular weight is 416 g/mol. The molecule has 0 amide bonds. The lowest BCUT2D eigenvalue weighted by Crippen LogP contribution is -2.29. The van der Waals surface area contributed by atoms with Gasteiger partial charge in [-0.2, -0.15) is 0 Å². The van der Waals surface area contributed by atoms with E-state index in [0.717, 1.165) is 74.5 Å². The van der Waals surface area contributed by atoms with E-state index in [0.29, 0.717) is 12.5 Å². The first kappa shape index (κ1) is 22.6. The summed E-state index contributed by atoms with van der Waals surface area (Å²) < 4.78 is 17.0. The second kappa shape index (κ2) is 10.8. The third-order valence-electron chi connectivity index (χ3n) is 5.84. The number of methoxy groups -OCH3 is 2. The summed E-state index contributed by atoms with van der Waals surface area (Å²) in [6, 6.07) is 4.12. The molecule has 6 nitrogen and oxygen atoms in total. The number of nitrogens with one attached hydrogen (secondary N) is 1. The van der Waals surface area contributed by atoms with Gasteiger partial charge >= 0.3 is 0 Å². The van der Waals surface area contributed by atoms with E-state index in [2.05, 4.69) is 37.1 Å². The van der Waals surface area contributed by atoms with Crippen LogP contribution in [-0.2, 0) is 17.6 Å². The van der Waals surface area contributed by atoms with Crippen molar-refractivity contribution in [2.75, 3.05) is 58.9 Å². The second-order valence-electron chi connectivity index (χ2n) is 8.11. The van der Waals surface area contributed by atoms with Crippen molar-refractivity contribution in [1.82, 2.24) is 9.88 Å². The lowest BCUT2D eigenvalue weighted by molar-refractivity contribution is 0.145. The average Bonchev–Trinajstić information content (AvgIpc) is 3.12. The molecule has 30 heavy (non-hydrogen) atoms. The van der Waals surface area contributed by atoms with E-state index in [-0.39, 0.29) is 0 Å². The Labute approximate surface area is 180 Å². The molecule has 0 bridgehead atoms. The molecule has 0 fully saturated rings. The molecule has 1 aromatic carbocycles. The summed E-state index contributed by atoms with van der Waals surface area (Å²) >= 11 is 0. The molecule has 1 aliphatic rings. The minimum absolute atomic E-state index is 0.638. The van der Waals surface area contributed by atoms with Gasteiger partial charge in [0.1, 0.15) is 0 Å².